The summed E-state index contributed by atoms with van der Waals surface area (Å²) in [5.41, 5.74) is 1.29. The van der Waals surface area contributed by atoms with Gasteiger partial charge in [0.1, 0.15) is 30.0 Å². The van der Waals surface area contributed by atoms with Gasteiger partial charge in [-0.2, -0.15) is 0 Å². The van der Waals surface area contributed by atoms with Crippen LogP contribution in [0.2, 0.25) is 0 Å². The Morgan fingerprint density at radius 3 is 2.92 bits per heavy atom. The number of methoxy groups -OCH3 is 1. The zero-order chi connectivity index (χ0) is 17.9. The number of rotatable bonds is 6. The second-order valence-electron chi connectivity index (χ2n) is 6.10. The first kappa shape index (κ1) is 18.2. The molecule has 0 bridgehead atoms. The minimum absolute atomic E-state index is 0.0737. The van der Waals surface area contributed by atoms with Gasteiger partial charge < -0.3 is 24.6 Å². The van der Waals surface area contributed by atoms with Crippen molar-refractivity contribution in [3.8, 4) is 5.75 Å². The van der Waals surface area contributed by atoms with Crippen LogP contribution in [-0.2, 0) is 9.30 Å². The third-order valence-electron chi connectivity index (χ3n) is 4.33. The fraction of sp³-hybridized carbons (Fsp3) is 0.500. The molecule has 1 fully saturated rings. The number of nitrogens with one attached hydrogen (secondary N) is 1. The molecule has 0 saturated carbocycles. The highest BCUT2D eigenvalue weighted by molar-refractivity contribution is 7.51. The first-order valence-electron chi connectivity index (χ1n) is 8.14. The van der Waals surface area contributed by atoms with Gasteiger partial charge in [0, 0.05) is 17.8 Å². The first-order chi connectivity index (χ1) is 12.0. The lowest BCUT2D eigenvalue weighted by Gasteiger charge is -2.31. The van der Waals surface area contributed by atoms with E-state index in [0.29, 0.717) is 23.5 Å². The zero-order valence-corrected chi connectivity index (χ0v) is 14.9. The van der Waals surface area contributed by atoms with Crippen LogP contribution in [0.3, 0.4) is 0 Å². The number of fused-ring (bicyclic) bond motifs is 1. The first-order valence-corrected chi connectivity index (χ1v) is 9.94. The number of para-hydroxylation sites is 1. The summed E-state index contributed by atoms with van der Waals surface area (Å²) in [6.45, 7) is 1.64. The van der Waals surface area contributed by atoms with Crippen molar-refractivity contribution in [3.63, 3.8) is 0 Å². The summed E-state index contributed by atoms with van der Waals surface area (Å²) in [4.78, 5) is 27.1. The standard InChI is InChI=1S/C16H22N3O5P/c1-23-13-6-2-5-12-14(13)18-9-19-15(12)16(24-10-25(20,21)22)11-4-3-7-17-8-11/h2,5-6,9,11,16-17H,3-4,7-8,10H2,1H3,(H2,20,21,22). The van der Waals surface area contributed by atoms with E-state index < -0.39 is 20.0 Å². The SMILES string of the molecule is COc1cccc2c(C(OCP(=O)(O)O)C3CCCNC3)ncnc12. The molecular weight excluding hydrogens is 345 g/mol. The molecule has 9 heteroatoms. The van der Waals surface area contributed by atoms with Gasteiger partial charge in [-0.1, -0.05) is 12.1 Å². The zero-order valence-electron chi connectivity index (χ0n) is 14.0. The third-order valence-corrected chi connectivity index (χ3v) is 4.82. The van der Waals surface area contributed by atoms with Crippen LogP contribution in [0.25, 0.3) is 10.9 Å². The molecule has 1 saturated heterocycles. The highest BCUT2D eigenvalue weighted by atomic mass is 31.2. The molecular formula is C16H22N3O5P. The van der Waals surface area contributed by atoms with E-state index in [4.69, 9.17) is 9.47 Å². The van der Waals surface area contributed by atoms with E-state index in [-0.39, 0.29) is 5.92 Å². The van der Waals surface area contributed by atoms with Gasteiger partial charge in [0.05, 0.1) is 12.8 Å². The number of hydrogen-bond acceptors (Lipinski definition) is 6. The average molecular weight is 367 g/mol. The average Bonchev–Trinajstić information content (AvgIpc) is 2.61. The van der Waals surface area contributed by atoms with Gasteiger partial charge in [-0.3, -0.25) is 4.57 Å². The number of nitrogens with zero attached hydrogens (tertiary/aromatic N) is 2. The predicted octanol–water partition coefficient (Wildman–Crippen LogP) is 1.83. The van der Waals surface area contributed by atoms with Crippen LogP contribution >= 0.6 is 7.60 Å². The molecule has 2 heterocycles. The van der Waals surface area contributed by atoms with Crippen molar-refractivity contribution in [2.75, 3.05) is 26.5 Å². The molecule has 0 spiro atoms. The van der Waals surface area contributed by atoms with Crippen molar-refractivity contribution in [3.05, 3.63) is 30.2 Å². The fourth-order valence-corrected chi connectivity index (χ4v) is 3.58. The van der Waals surface area contributed by atoms with Crippen LogP contribution in [0.5, 0.6) is 5.75 Å². The van der Waals surface area contributed by atoms with Crippen molar-refractivity contribution >= 4 is 18.5 Å². The van der Waals surface area contributed by atoms with Gasteiger partial charge in [0.25, 0.3) is 0 Å². The van der Waals surface area contributed by atoms with Crippen LogP contribution in [0.4, 0.5) is 0 Å². The summed E-state index contributed by atoms with van der Waals surface area (Å²) in [6, 6.07) is 5.53. The molecule has 3 rings (SSSR count). The van der Waals surface area contributed by atoms with Gasteiger partial charge in [0.15, 0.2) is 0 Å². The van der Waals surface area contributed by atoms with Gasteiger partial charge in [0.2, 0.25) is 0 Å². The predicted molar refractivity (Wildman–Crippen MR) is 92.4 cm³/mol. The lowest BCUT2D eigenvalue weighted by Crippen LogP contribution is -2.34. The molecule has 2 unspecified atom stereocenters. The Morgan fingerprint density at radius 2 is 2.24 bits per heavy atom. The van der Waals surface area contributed by atoms with E-state index >= 15 is 0 Å². The molecule has 8 nitrogen and oxygen atoms in total. The van der Waals surface area contributed by atoms with Crippen molar-refractivity contribution in [2.24, 2.45) is 5.92 Å². The summed E-state index contributed by atoms with van der Waals surface area (Å²) in [5.74, 6) is 0.696. The summed E-state index contributed by atoms with van der Waals surface area (Å²) >= 11 is 0. The van der Waals surface area contributed by atoms with E-state index in [9.17, 15) is 14.4 Å². The van der Waals surface area contributed by atoms with Crippen LogP contribution < -0.4 is 10.1 Å². The maximum atomic E-state index is 11.3. The lowest BCUT2D eigenvalue weighted by molar-refractivity contribution is 0.0192. The molecule has 1 aromatic heterocycles. The van der Waals surface area contributed by atoms with Gasteiger partial charge >= 0.3 is 7.60 Å². The Morgan fingerprint density at radius 1 is 1.40 bits per heavy atom. The van der Waals surface area contributed by atoms with Gasteiger partial charge in [-0.05, 0) is 25.5 Å². The van der Waals surface area contributed by atoms with Gasteiger partial charge in [-0.25, -0.2) is 9.97 Å². The monoisotopic (exact) mass is 367 g/mol. The second-order valence-corrected chi connectivity index (χ2v) is 7.69. The summed E-state index contributed by atoms with van der Waals surface area (Å²) in [6.07, 6.45) is 2.15. The molecule has 1 aromatic carbocycles. The largest absolute Gasteiger partial charge is 0.494 e. The van der Waals surface area contributed by atoms with E-state index in [2.05, 4.69) is 15.3 Å². The number of piperidine rings is 1. The molecule has 0 amide bonds. The van der Waals surface area contributed by atoms with Crippen LogP contribution in [-0.4, -0.2) is 46.3 Å². The van der Waals surface area contributed by atoms with Crippen molar-refractivity contribution < 1.29 is 23.8 Å². The molecule has 1 aliphatic rings. The third kappa shape index (κ3) is 4.34. The molecule has 2 atom stereocenters. The van der Waals surface area contributed by atoms with E-state index in [1.54, 1.807) is 7.11 Å². The minimum atomic E-state index is -4.28. The van der Waals surface area contributed by atoms with E-state index in [1.807, 2.05) is 18.2 Å². The van der Waals surface area contributed by atoms with E-state index in [1.165, 1.54) is 6.33 Å². The summed E-state index contributed by atoms with van der Waals surface area (Å²) < 4.78 is 22.3. The lowest BCUT2D eigenvalue weighted by atomic mass is 9.90. The highest BCUT2D eigenvalue weighted by Gasteiger charge is 2.31. The molecule has 25 heavy (non-hydrogen) atoms. The molecule has 2 aromatic rings. The smallest absolute Gasteiger partial charge is 0.351 e. The van der Waals surface area contributed by atoms with Crippen molar-refractivity contribution in [1.82, 2.24) is 15.3 Å². The maximum absolute atomic E-state index is 11.3. The highest BCUT2D eigenvalue weighted by Crippen LogP contribution is 2.40. The normalized spacial score (nSPS) is 19.7. The Kier molecular flexibility index (Phi) is 5.66. The number of hydrogen-bond donors (Lipinski definition) is 3. The molecule has 1 aliphatic heterocycles. The Hall–Kier alpha value is -1.57. The quantitative estimate of drug-likeness (QED) is 0.663. The molecule has 0 aliphatic carbocycles. The van der Waals surface area contributed by atoms with Crippen molar-refractivity contribution in [1.29, 1.82) is 0 Å². The Labute approximate surface area is 145 Å². The maximum Gasteiger partial charge on any atom is 0.351 e. The minimum Gasteiger partial charge on any atom is -0.494 e. The summed E-state index contributed by atoms with van der Waals surface area (Å²) in [5, 5.41) is 4.08. The van der Waals surface area contributed by atoms with Gasteiger partial charge in [-0.15, -0.1) is 0 Å². The number of ether oxygens (including phenoxy) is 2. The second kappa shape index (κ2) is 7.76. The molecule has 136 valence electrons. The molecule has 3 N–H and O–H groups in total. The van der Waals surface area contributed by atoms with Crippen LogP contribution in [0, 0.1) is 5.92 Å². The topological polar surface area (TPSA) is 114 Å². The fourth-order valence-electron chi connectivity index (χ4n) is 3.22. The summed E-state index contributed by atoms with van der Waals surface area (Å²) in [7, 11) is -2.70. The molecule has 0 radical (unpaired) electrons. The number of aromatic nitrogens is 2. The van der Waals surface area contributed by atoms with E-state index in [0.717, 1.165) is 24.8 Å². The van der Waals surface area contributed by atoms with Crippen molar-refractivity contribution in [2.45, 2.75) is 18.9 Å². The Bertz CT molecular complexity index is 775. The van der Waals surface area contributed by atoms with Crippen LogP contribution in [0.15, 0.2) is 24.5 Å². The number of benzene rings is 1. The Balaban J connectivity index is 2.02. The van der Waals surface area contributed by atoms with Crippen LogP contribution in [0.1, 0.15) is 24.6 Å².